The van der Waals surface area contributed by atoms with Crippen LogP contribution in [0.15, 0.2) is 70.9 Å². The Bertz CT molecular complexity index is 1210. The summed E-state index contributed by atoms with van der Waals surface area (Å²) in [4.78, 5) is 38.1. The van der Waals surface area contributed by atoms with E-state index in [1.165, 1.54) is 24.5 Å². The number of rotatable bonds is 6. The van der Waals surface area contributed by atoms with E-state index in [0.717, 1.165) is 14.0 Å². The van der Waals surface area contributed by atoms with Gasteiger partial charge in [0.25, 0.3) is 11.8 Å². The molecule has 1 saturated heterocycles. The molecule has 4 amide bonds. The van der Waals surface area contributed by atoms with Crippen molar-refractivity contribution in [3.8, 4) is 5.75 Å². The van der Waals surface area contributed by atoms with E-state index in [1.807, 2.05) is 0 Å². The van der Waals surface area contributed by atoms with Crippen LogP contribution in [-0.2, 0) is 22.7 Å². The molecule has 32 heavy (non-hydrogen) atoms. The van der Waals surface area contributed by atoms with Crippen molar-refractivity contribution in [3.05, 3.63) is 92.7 Å². The van der Waals surface area contributed by atoms with E-state index >= 15 is 0 Å². The number of amides is 4. The van der Waals surface area contributed by atoms with Crippen molar-refractivity contribution >= 4 is 46.5 Å². The van der Waals surface area contributed by atoms with Gasteiger partial charge < -0.3 is 9.15 Å². The van der Waals surface area contributed by atoms with Crippen LogP contribution in [0.3, 0.4) is 0 Å². The van der Waals surface area contributed by atoms with Crippen molar-refractivity contribution in [1.29, 1.82) is 0 Å². The van der Waals surface area contributed by atoms with E-state index in [1.54, 1.807) is 42.5 Å². The van der Waals surface area contributed by atoms with Gasteiger partial charge in [-0.15, -0.1) is 0 Å². The Morgan fingerprint density at radius 3 is 2.56 bits per heavy atom. The molecule has 4 rings (SSSR count). The van der Waals surface area contributed by atoms with Crippen LogP contribution < -0.4 is 10.1 Å². The molecule has 9 heteroatoms. The highest BCUT2D eigenvalue weighted by atomic mass is 127. The number of nitrogens with zero attached hydrogens (tertiary/aromatic N) is 1. The molecule has 1 N–H and O–H groups in total. The fourth-order valence-corrected chi connectivity index (χ4v) is 3.72. The number of halogens is 2. The summed E-state index contributed by atoms with van der Waals surface area (Å²) in [5, 5.41) is 2.17. The molecular formula is C23H16FIN2O5. The summed E-state index contributed by atoms with van der Waals surface area (Å²) in [6.07, 6.45) is 2.86. The van der Waals surface area contributed by atoms with Gasteiger partial charge in [-0.05, 0) is 76.2 Å². The molecule has 0 saturated carbocycles. The van der Waals surface area contributed by atoms with Gasteiger partial charge >= 0.3 is 6.03 Å². The van der Waals surface area contributed by atoms with Gasteiger partial charge in [-0.2, -0.15) is 0 Å². The fourth-order valence-electron chi connectivity index (χ4n) is 3.03. The fraction of sp³-hybridized carbons (Fsp3) is 0.0870. The molecular weight excluding hydrogens is 530 g/mol. The Hall–Kier alpha value is -3.47. The molecule has 1 aromatic heterocycles. The lowest BCUT2D eigenvalue weighted by Gasteiger charge is -2.25. The molecule has 162 valence electrons. The molecule has 0 unspecified atom stereocenters. The van der Waals surface area contributed by atoms with Crippen LogP contribution in [0.5, 0.6) is 5.75 Å². The second-order valence-electron chi connectivity index (χ2n) is 6.89. The molecule has 7 nitrogen and oxygen atoms in total. The number of nitrogens with one attached hydrogen (secondary N) is 1. The van der Waals surface area contributed by atoms with Crippen LogP contribution in [-0.4, -0.2) is 22.7 Å². The lowest BCUT2D eigenvalue weighted by atomic mass is 10.1. The van der Waals surface area contributed by atoms with Crippen molar-refractivity contribution in [2.75, 3.05) is 0 Å². The first-order valence-electron chi connectivity index (χ1n) is 9.49. The molecule has 1 aliphatic heterocycles. The van der Waals surface area contributed by atoms with Crippen LogP contribution >= 0.6 is 22.6 Å². The SMILES string of the molecule is O=C1NC(=O)N(Cc2ccco2)C(=O)/C1=C/c1ccc(OCc2ccc(F)cc2)c(I)c1. The summed E-state index contributed by atoms with van der Waals surface area (Å²) in [5.74, 6) is -0.763. The highest BCUT2D eigenvalue weighted by molar-refractivity contribution is 14.1. The van der Waals surface area contributed by atoms with E-state index < -0.39 is 17.8 Å². The quantitative estimate of drug-likeness (QED) is 0.284. The largest absolute Gasteiger partial charge is 0.488 e. The summed E-state index contributed by atoms with van der Waals surface area (Å²) in [6, 6.07) is 13.7. The third kappa shape index (κ3) is 4.88. The molecule has 0 aliphatic carbocycles. The predicted molar refractivity (Wildman–Crippen MR) is 121 cm³/mol. The maximum Gasteiger partial charge on any atom is 0.331 e. The average Bonchev–Trinajstić information content (AvgIpc) is 3.28. The van der Waals surface area contributed by atoms with Crippen molar-refractivity contribution in [2.24, 2.45) is 0 Å². The molecule has 1 aliphatic rings. The highest BCUT2D eigenvalue weighted by Crippen LogP contribution is 2.25. The number of hydrogen-bond donors (Lipinski definition) is 1. The first-order chi connectivity index (χ1) is 15.4. The summed E-state index contributed by atoms with van der Waals surface area (Å²) in [6.45, 7) is 0.178. The monoisotopic (exact) mass is 546 g/mol. The number of ether oxygens (including phenoxy) is 1. The van der Waals surface area contributed by atoms with Crippen LogP contribution in [0.2, 0.25) is 0 Å². The van der Waals surface area contributed by atoms with Crippen molar-refractivity contribution in [1.82, 2.24) is 10.2 Å². The Labute approximate surface area is 196 Å². The second-order valence-corrected chi connectivity index (χ2v) is 8.06. The van der Waals surface area contributed by atoms with Crippen LogP contribution in [0.25, 0.3) is 6.08 Å². The van der Waals surface area contributed by atoms with Crippen molar-refractivity contribution in [2.45, 2.75) is 13.2 Å². The zero-order valence-corrected chi connectivity index (χ0v) is 18.7. The number of urea groups is 1. The van der Waals surface area contributed by atoms with Gasteiger partial charge in [0.2, 0.25) is 0 Å². The summed E-state index contributed by atoms with van der Waals surface area (Å²) < 4.78 is 24.7. The summed E-state index contributed by atoms with van der Waals surface area (Å²) >= 11 is 2.08. The van der Waals surface area contributed by atoms with Gasteiger partial charge in [0.05, 0.1) is 16.4 Å². The number of imide groups is 2. The lowest BCUT2D eigenvalue weighted by molar-refractivity contribution is -0.130. The standard InChI is InChI=1S/C23H16FIN2O5/c24-16-6-3-14(4-7-16)13-32-20-8-5-15(11-19(20)25)10-18-21(28)26-23(30)27(22(18)29)12-17-2-1-9-31-17/h1-11H,12-13H2,(H,26,28,30)/b18-10+. The van der Waals surface area contributed by atoms with Crippen LogP contribution in [0.4, 0.5) is 9.18 Å². The minimum absolute atomic E-state index is 0.0873. The molecule has 0 bridgehead atoms. The van der Waals surface area contributed by atoms with Gasteiger partial charge in [-0.1, -0.05) is 18.2 Å². The van der Waals surface area contributed by atoms with Crippen LogP contribution in [0, 0.1) is 9.39 Å². The van der Waals surface area contributed by atoms with Crippen molar-refractivity contribution < 1.29 is 27.9 Å². The average molecular weight is 546 g/mol. The Balaban J connectivity index is 1.50. The smallest absolute Gasteiger partial charge is 0.331 e. The minimum atomic E-state index is -0.798. The third-order valence-corrected chi connectivity index (χ3v) is 5.50. The van der Waals surface area contributed by atoms with Crippen LogP contribution in [0.1, 0.15) is 16.9 Å². The molecule has 3 aromatic rings. The first-order valence-corrected chi connectivity index (χ1v) is 10.6. The van der Waals surface area contributed by atoms with E-state index in [0.29, 0.717) is 17.1 Å². The van der Waals surface area contributed by atoms with Crippen molar-refractivity contribution in [3.63, 3.8) is 0 Å². The normalized spacial score (nSPS) is 15.2. The zero-order chi connectivity index (χ0) is 22.7. The Kier molecular flexibility index (Phi) is 6.35. The minimum Gasteiger partial charge on any atom is -0.488 e. The number of hydrogen-bond acceptors (Lipinski definition) is 5. The number of carbonyl (C=O) groups excluding carboxylic acids is 3. The number of carbonyl (C=O) groups is 3. The van der Waals surface area contributed by atoms with Gasteiger partial charge in [-0.25, -0.2) is 9.18 Å². The molecule has 2 heterocycles. The number of benzene rings is 2. The Morgan fingerprint density at radius 2 is 1.88 bits per heavy atom. The lowest BCUT2D eigenvalue weighted by Crippen LogP contribution is -2.53. The molecule has 0 radical (unpaired) electrons. The molecule has 0 atom stereocenters. The van der Waals surface area contributed by atoms with E-state index in [4.69, 9.17) is 9.15 Å². The highest BCUT2D eigenvalue weighted by Gasteiger charge is 2.36. The van der Waals surface area contributed by atoms with Gasteiger partial charge in [-0.3, -0.25) is 19.8 Å². The van der Waals surface area contributed by atoms with E-state index in [9.17, 15) is 18.8 Å². The maximum atomic E-state index is 13.0. The summed E-state index contributed by atoms with van der Waals surface area (Å²) in [7, 11) is 0. The maximum absolute atomic E-state index is 13.0. The van der Waals surface area contributed by atoms with Gasteiger partial charge in [0.15, 0.2) is 0 Å². The van der Waals surface area contributed by atoms with Gasteiger partial charge in [0.1, 0.15) is 29.5 Å². The first kappa shape index (κ1) is 21.8. The predicted octanol–water partition coefficient (Wildman–Crippen LogP) is 4.26. The number of barbiturate groups is 1. The topological polar surface area (TPSA) is 88.9 Å². The molecule has 1 fully saturated rings. The zero-order valence-electron chi connectivity index (χ0n) is 16.5. The molecule has 2 aromatic carbocycles. The van der Waals surface area contributed by atoms with E-state index in [2.05, 4.69) is 27.9 Å². The third-order valence-electron chi connectivity index (χ3n) is 4.65. The second kappa shape index (κ2) is 9.35. The summed E-state index contributed by atoms with van der Waals surface area (Å²) in [5.41, 5.74) is 1.25. The molecule has 0 spiro atoms. The van der Waals surface area contributed by atoms with Gasteiger partial charge in [0, 0.05) is 0 Å². The van der Waals surface area contributed by atoms with E-state index in [-0.39, 0.29) is 24.5 Å². The number of furan rings is 1. The Morgan fingerprint density at radius 1 is 1.09 bits per heavy atom.